The normalized spacial score (nSPS) is 12.6. The molecule has 4 nitrogen and oxygen atoms in total. The Bertz CT molecular complexity index is 196. The zero-order valence-corrected chi connectivity index (χ0v) is 9.15. The van der Waals surface area contributed by atoms with Gasteiger partial charge in [-0.3, -0.25) is 9.69 Å². The minimum absolute atomic E-state index is 0.0296. The molecule has 0 saturated carbocycles. The molecule has 5 heteroatoms. The topological polar surface area (TPSA) is 58.4 Å². The Hall–Kier alpha value is -0.680. The summed E-state index contributed by atoms with van der Waals surface area (Å²) < 4.78 is 0. The van der Waals surface area contributed by atoms with Crippen molar-refractivity contribution in [1.29, 1.82) is 0 Å². The van der Waals surface area contributed by atoms with E-state index in [9.17, 15) is 4.79 Å². The molecule has 0 saturated heterocycles. The number of amides is 1. The molecule has 1 unspecified atom stereocenters. The van der Waals surface area contributed by atoms with Crippen LogP contribution in [0.4, 0.5) is 0 Å². The molecule has 0 heterocycles. The molecule has 1 amide bonds. The van der Waals surface area contributed by atoms with E-state index in [2.05, 4.69) is 5.32 Å². The smallest absolute Gasteiger partial charge is 0.221 e. The highest BCUT2D eigenvalue weighted by molar-refractivity contribution is 7.80. The lowest BCUT2D eigenvalue weighted by molar-refractivity contribution is -0.120. The number of hydrogen-bond donors (Lipinski definition) is 2. The minimum Gasteiger partial charge on any atom is -0.392 e. The fourth-order valence-electron chi connectivity index (χ4n) is 0.814. The number of nitrogens with two attached hydrogens (primary N) is 1. The lowest BCUT2D eigenvalue weighted by atomic mass is 10.2. The molecule has 3 N–H and O–H groups in total. The molecule has 0 aliphatic carbocycles. The van der Waals surface area contributed by atoms with Crippen molar-refractivity contribution in [3.63, 3.8) is 0 Å². The Morgan fingerprint density at radius 3 is 2.62 bits per heavy atom. The molecule has 0 aliphatic rings. The third-order valence-corrected chi connectivity index (χ3v) is 2.38. The van der Waals surface area contributed by atoms with E-state index in [0.29, 0.717) is 18.0 Å². The molecule has 0 aromatic rings. The van der Waals surface area contributed by atoms with Gasteiger partial charge in [0.05, 0.1) is 11.0 Å². The molecular weight excluding hydrogens is 186 g/mol. The lowest BCUT2D eigenvalue weighted by Crippen LogP contribution is -2.40. The van der Waals surface area contributed by atoms with Crippen molar-refractivity contribution in [3.8, 4) is 0 Å². The van der Waals surface area contributed by atoms with Crippen molar-refractivity contribution in [2.24, 2.45) is 5.73 Å². The standard InChI is InChI=1S/C8H17N3OS/c1-6(8(9)13)11(3)5-4-7(12)10-2/h6H,4-5H2,1-3H3,(H2,9,13)(H,10,12). The minimum atomic E-state index is 0.0296. The van der Waals surface area contributed by atoms with Gasteiger partial charge in [-0.05, 0) is 14.0 Å². The van der Waals surface area contributed by atoms with Crippen molar-refractivity contribution >= 4 is 23.1 Å². The molecule has 13 heavy (non-hydrogen) atoms. The first-order valence-corrected chi connectivity index (χ1v) is 4.60. The van der Waals surface area contributed by atoms with E-state index in [0.717, 1.165) is 0 Å². The number of thiocarbonyl (C=S) groups is 1. The zero-order valence-electron chi connectivity index (χ0n) is 8.33. The first-order chi connectivity index (χ1) is 5.99. The first kappa shape index (κ1) is 12.3. The van der Waals surface area contributed by atoms with Crippen LogP contribution in [0.2, 0.25) is 0 Å². The SMILES string of the molecule is CNC(=O)CCN(C)C(C)C(N)=S. The Labute approximate surface area is 84.5 Å². The highest BCUT2D eigenvalue weighted by Crippen LogP contribution is 1.96. The maximum absolute atomic E-state index is 10.9. The fourth-order valence-corrected chi connectivity index (χ4v) is 0.994. The van der Waals surface area contributed by atoms with Gasteiger partial charge in [0.15, 0.2) is 0 Å². The molecule has 0 aromatic heterocycles. The van der Waals surface area contributed by atoms with E-state index in [1.165, 1.54) is 0 Å². The Morgan fingerprint density at radius 1 is 1.69 bits per heavy atom. The number of carbonyl (C=O) groups excluding carboxylic acids is 1. The van der Waals surface area contributed by atoms with Crippen molar-refractivity contribution in [2.75, 3.05) is 20.6 Å². The monoisotopic (exact) mass is 203 g/mol. The average Bonchev–Trinajstić information content (AvgIpc) is 2.11. The third-order valence-electron chi connectivity index (χ3n) is 2.04. The Kier molecular flexibility index (Phi) is 5.57. The van der Waals surface area contributed by atoms with Crippen LogP contribution < -0.4 is 11.1 Å². The molecule has 0 aromatic carbocycles. The number of nitrogens with zero attached hydrogens (tertiary/aromatic N) is 1. The number of nitrogens with one attached hydrogen (secondary N) is 1. The van der Waals surface area contributed by atoms with Crippen LogP contribution in [0.1, 0.15) is 13.3 Å². The Morgan fingerprint density at radius 2 is 2.23 bits per heavy atom. The summed E-state index contributed by atoms with van der Waals surface area (Å²) in [4.78, 5) is 13.3. The summed E-state index contributed by atoms with van der Waals surface area (Å²) in [6.45, 7) is 2.59. The van der Waals surface area contributed by atoms with E-state index in [4.69, 9.17) is 18.0 Å². The van der Waals surface area contributed by atoms with Crippen molar-refractivity contribution in [2.45, 2.75) is 19.4 Å². The van der Waals surface area contributed by atoms with E-state index in [1.54, 1.807) is 7.05 Å². The van der Waals surface area contributed by atoms with Crippen LogP contribution in [0.3, 0.4) is 0 Å². The highest BCUT2D eigenvalue weighted by Gasteiger charge is 2.12. The van der Waals surface area contributed by atoms with E-state index >= 15 is 0 Å². The summed E-state index contributed by atoms with van der Waals surface area (Å²) in [5, 5.41) is 2.56. The second kappa shape index (κ2) is 5.88. The van der Waals surface area contributed by atoms with Crippen LogP contribution in [0.15, 0.2) is 0 Å². The number of likely N-dealkylation sites (N-methyl/N-ethyl adjacent to an activating group) is 1. The van der Waals surface area contributed by atoms with Crippen LogP contribution in [-0.2, 0) is 4.79 Å². The molecule has 0 bridgehead atoms. The molecule has 0 radical (unpaired) electrons. The van der Waals surface area contributed by atoms with E-state index in [1.807, 2.05) is 18.9 Å². The van der Waals surface area contributed by atoms with Crippen LogP contribution in [0, 0.1) is 0 Å². The molecule has 0 fully saturated rings. The van der Waals surface area contributed by atoms with Crippen LogP contribution >= 0.6 is 12.2 Å². The predicted molar refractivity (Wildman–Crippen MR) is 57.6 cm³/mol. The zero-order chi connectivity index (χ0) is 10.4. The quantitative estimate of drug-likeness (QED) is 0.604. The van der Waals surface area contributed by atoms with E-state index < -0.39 is 0 Å². The number of rotatable bonds is 5. The summed E-state index contributed by atoms with van der Waals surface area (Å²) in [6, 6.07) is 0.0413. The van der Waals surface area contributed by atoms with Crippen molar-refractivity contribution < 1.29 is 4.79 Å². The lowest BCUT2D eigenvalue weighted by Gasteiger charge is -2.22. The van der Waals surface area contributed by atoms with Gasteiger partial charge in [0.1, 0.15) is 0 Å². The van der Waals surface area contributed by atoms with Crippen LogP contribution in [0.5, 0.6) is 0 Å². The van der Waals surface area contributed by atoms with Gasteiger partial charge in [-0.25, -0.2) is 0 Å². The summed E-state index contributed by atoms with van der Waals surface area (Å²) >= 11 is 4.84. The van der Waals surface area contributed by atoms with Gasteiger partial charge in [-0.1, -0.05) is 12.2 Å². The van der Waals surface area contributed by atoms with Gasteiger partial charge in [0.25, 0.3) is 0 Å². The third kappa shape index (κ3) is 4.80. The molecule has 0 aliphatic heterocycles. The molecular formula is C8H17N3OS. The molecule has 76 valence electrons. The second-order valence-electron chi connectivity index (χ2n) is 2.98. The van der Waals surface area contributed by atoms with Crippen molar-refractivity contribution in [3.05, 3.63) is 0 Å². The summed E-state index contributed by atoms with van der Waals surface area (Å²) in [6.07, 6.45) is 0.472. The summed E-state index contributed by atoms with van der Waals surface area (Å²) in [7, 11) is 3.52. The van der Waals surface area contributed by atoms with E-state index in [-0.39, 0.29) is 11.9 Å². The second-order valence-corrected chi connectivity index (χ2v) is 3.45. The molecule has 1 atom stereocenters. The van der Waals surface area contributed by atoms with Gasteiger partial charge in [-0.15, -0.1) is 0 Å². The van der Waals surface area contributed by atoms with Crippen molar-refractivity contribution in [1.82, 2.24) is 10.2 Å². The number of hydrogen-bond acceptors (Lipinski definition) is 3. The maximum Gasteiger partial charge on any atom is 0.221 e. The first-order valence-electron chi connectivity index (χ1n) is 4.19. The van der Waals surface area contributed by atoms with Gasteiger partial charge in [0, 0.05) is 20.0 Å². The maximum atomic E-state index is 10.9. The summed E-state index contributed by atoms with van der Waals surface area (Å²) in [5.74, 6) is 0.0296. The summed E-state index contributed by atoms with van der Waals surface area (Å²) in [5.41, 5.74) is 5.46. The largest absolute Gasteiger partial charge is 0.392 e. The van der Waals surface area contributed by atoms with Crippen LogP contribution in [-0.4, -0.2) is 42.5 Å². The van der Waals surface area contributed by atoms with Gasteiger partial charge < -0.3 is 11.1 Å². The van der Waals surface area contributed by atoms with Gasteiger partial charge in [0.2, 0.25) is 5.91 Å². The Balaban J connectivity index is 3.80. The molecule has 0 spiro atoms. The molecule has 0 rings (SSSR count). The van der Waals surface area contributed by atoms with Gasteiger partial charge >= 0.3 is 0 Å². The average molecular weight is 203 g/mol. The number of carbonyl (C=O) groups is 1. The van der Waals surface area contributed by atoms with Gasteiger partial charge in [-0.2, -0.15) is 0 Å². The fraction of sp³-hybridized carbons (Fsp3) is 0.750. The van der Waals surface area contributed by atoms with Crippen LogP contribution in [0.25, 0.3) is 0 Å². The predicted octanol–water partition coefficient (Wildman–Crippen LogP) is -0.271. The highest BCUT2D eigenvalue weighted by atomic mass is 32.1.